The minimum absolute atomic E-state index is 0.0250. The lowest BCUT2D eigenvalue weighted by Crippen LogP contribution is -2.28. The van der Waals surface area contributed by atoms with Crippen LogP contribution in [0.2, 0.25) is 0 Å². The molecule has 0 bridgehead atoms. The van der Waals surface area contributed by atoms with Crippen LogP contribution in [0.4, 0.5) is 13.2 Å². The number of pyridine rings is 1. The number of hydrogen-bond acceptors (Lipinski definition) is 4. The SMILES string of the molecule is Cc1c([S@@](=O)c2ccc(C#N)cc2)cc(C(=O)O)c(=O)n1-c1cccc(C(F)(F)F)c1. The third kappa shape index (κ3) is 4.27. The Kier molecular flexibility index (Phi) is 5.81. The van der Waals surface area contributed by atoms with Gasteiger partial charge < -0.3 is 5.11 Å². The van der Waals surface area contributed by atoms with Gasteiger partial charge in [-0.2, -0.15) is 18.4 Å². The minimum atomic E-state index is -4.67. The molecule has 0 aliphatic carbocycles. The molecule has 0 saturated carbocycles. The number of benzene rings is 2. The first-order chi connectivity index (χ1) is 14.5. The molecule has 0 radical (unpaired) electrons. The molecule has 31 heavy (non-hydrogen) atoms. The first-order valence-corrected chi connectivity index (χ1v) is 9.79. The predicted molar refractivity (Wildman–Crippen MR) is 105 cm³/mol. The molecule has 3 aromatic rings. The summed E-state index contributed by atoms with van der Waals surface area (Å²) in [4.78, 5) is 24.5. The fourth-order valence-corrected chi connectivity index (χ4v) is 4.16. The zero-order valence-electron chi connectivity index (χ0n) is 15.8. The fraction of sp³-hybridized carbons (Fsp3) is 0.0952. The summed E-state index contributed by atoms with van der Waals surface area (Å²) >= 11 is 0. The van der Waals surface area contributed by atoms with Crippen LogP contribution in [-0.4, -0.2) is 19.9 Å². The van der Waals surface area contributed by atoms with Crippen LogP contribution in [0.3, 0.4) is 0 Å². The number of alkyl halides is 3. The Balaban J connectivity index is 2.27. The van der Waals surface area contributed by atoms with Gasteiger partial charge >= 0.3 is 12.1 Å². The van der Waals surface area contributed by atoms with E-state index in [2.05, 4.69) is 0 Å². The molecule has 2 aromatic carbocycles. The quantitative estimate of drug-likeness (QED) is 0.655. The predicted octanol–water partition coefficient (Wildman–Crippen LogP) is 3.90. The van der Waals surface area contributed by atoms with Crippen LogP contribution in [0.5, 0.6) is 0 Å². The zero-order valence-corrected chi connectivity index (χ0v) is 16.6. The third-order valence-corrected chi connectivity index (χ3v) is 5.97. The molecule has 6 nitrogen and oxygen atoms in total. The van der Waals surface area contributed by atoms with Crippen LogP contribution in [-0.2, 0) is 17.0 Å². The molecule has 1 atom stereocenters. The highest BCUT2D eigenvalue weighted by Crippen LogP contribution is 2.31. The molecular weight excluding hydrogens is 433 g/mol. The van der Waals surface area contributed by atoms with Crippen molar-refractivity contribution < 1.29 is 27.3 Å². The standard InChI is InChI=1S/C21H13F3N2O4S/c1-12-18(31(30)16-7-5-13(11-25)6-8-16)10-17(20(28)29)19(27)26(12)15-4-2-3-14(9-15)21(22,23)24/h2-10H,1H3,(H,28,29)/t31-/m0/s1. The monoisotopic (exact) mass is 446 g/mol. The summed E-state index contributed by atoms with van der Waals surface area (Å²) in [5, 5.41) is 18.3. The third-order valence-electron chi connectivity index (χ3n) is 4.46. The average molecular weight is 446 g/mol. The minimum Gasteiger partial charge on any atom is -0.477 e. The van der Waals surface area contributed by atoms with E-state index in [9.17, 15) is 32.1 Å². The van der Waals surface area contributed by atoms with Crippen molar-refractivity contribution in [3.8, 4) is 11.8 Å². The number of carboxylic acids is 1. The molecule has 0 aliphatic rings. The lowest BCUT2D eigenvalue weighted by Gasteiger charge is -2.17. The van der Waals surface area contributed by atoms with E-state index in [0.717, 1.165) is 22.8 Å². The van der Waals surface area contributed by atoms with Crippen LogP contribution < -0.4 is 5.56 Å². The number of rotatable bonds is 4. The van der Waals surface area contributed by atoms with Gasteiger partial charge in [-0.25, -0.2) is 9.00 Å². The number of aromatic nitrogens is 1. The van der Waals surface area contributed by atoms with Gasteiger partial charge in [0.15, 0.2) is 0 Å². The molecule has 0 fully saturated rings. The molecule has 0 aliphatic heterocycles. The average Bonchev–Trinajstić information content (AvgIpc) is 2.73. The Bertz CT molecular complexity index is 1310. The fourth-order valence-electron chi connectivity index (χ4n) is 2.93. The molecule has 0 saturated heterocycles. The Morgan fingerprint density at radius 3 is 2.32 bits per heavy atom. The van der Waals surface area contributed by atoms with Crippen LogP contribution >= 0.6 is 0 Å². The molecule has 158 valence electrons. The van der Waals surface area contributed by atoms with Gasteiger partial charge in [0, 0.05) is 16.3 Å². The van der Waals surface area contributed by atoms with Crippen molar-refractivity contribution in [1.82, 2.24) is 4.57 Å². The number of carbonyl (C=O) groups is 1. The Hall–Kier alpha value is -3.71. The van der Waals surface area contributed by atoms with E-state index >= 15 is 0 Å². The number of hydrogen-bond donors (Lipinski definition) is 1. The molecule has 1 aromatic heterocycles. The molecule has 0 spiro atoms. The molecular formula is C21H13F3N2O4S. The van der Waals surface area contributed by atoms with Crippen LogP contribution in [0.15, 0.2) is 69.2 Å². The largest absolute Gasteiger partial charge is 0.477 e. The van der Waals surface area contributed by atoms with Crippen molar-refractivity contribution in [2.24, 2.45) is 0 Å². The lowest BCUT2D eigenvalue weighted by molar-refractivity contribution is -0.137. The number of halogens is 3. The molecule has 3 rings (SSSR count). The second-order valence-electron chi connectivity index (χ2n) is 6.41. The van der Waals surface area contributed by atoms with Crippen molar-refractivity contribution in [3.05, 3.63) is 87.3 Å². The summed E-state index contributed by atoms with van der Waals surface area (Å²) < 4.78 is 53.3. The maximum absolute atomic E-state index is 13.1. The number of nitrogens with zero attached hydrogens (tertiary/aromatic N) is 2. The molecule has 1 N–H and O–H groups in total. The van der Waals surface area contributed by atoms with Crippen molar-refractivity contribution in [3.63, 3.8) is 0 Å². The summed E-state index contributed by atoms with van der Waals surface area (Å²) in [7, 11) is -1.96. The van der Waals surface area contributed by atoms with Gasteiger partial charge in [0.1, 0.15) is 5.56 Å². The van der Waals surface area contributed by atoms with Crippen LogP contribution in [0.25, 0.3) is 5.69 Å². The molecule has 10 heteroatoms. The van der Waals surface area contributed by atoms with Crippen molar-refractivity contribution in [2.75, 3.05) is 0 Å². The normalized spacial score (nSPS) is 12.2. The molecule has 1 heterocycles. The maximum atomic E-state index is 13.1. The highest BCUT2D eigenvalue weighted by atomic mass is 32.2. The van der Waals surface area contributed by atoms with Gasteiger partial charge in [0.05, 0.1) is 32.9 Å². The smallest absolute Gasteiger partial charge is 0.416 e. The van der Waals surface area contributed by atoms with Gasteiger partial charge in [-0.1, -0.05) is 6.07 Å². The van der Waals surface area contributed by atoms with Crippen molar-refractivity contribution in [1.29, 1.82) is 5.26 Å². The number of nitriles is 1. The van der Waals surface area contributed by atoms with Crippen molar-refractivity contribution in [2.45, 2.75) is 22.9 Å². The highest BCUT2D eigenvalue weighted by Gasteiger charge is 2.31. The van der Waals surface area contributed by atoms with Crippen molar-refractivity contribution >= 4 is 16.8 Å². The summed E-state index contributed by atoms with van der Waals surface area (Å²) in [6, 6.07) is 12.4. The number of carboxylic acid groups (broad SMARTS) is 1. The summed E-state index contributed by atoms with van der Waals surface area (Å²) in [5.74, 6) is -1.61. The summed E-state index contributed by atoms with van der Waals surface area (Å²) in [6.45, 7) is 1.37. The lowest BCUT2D eigenvalue weighted by atomic mass is 10.1. The topological polar surface area (TPSA) is 100 Å². The Morgan fingerprint density at radius 1 is 1.13 bits per heavy atom. The van der Waals surface area contributed by atoms with Gasteiger partial charge in [-0.15, -0.1) is 0 Å². The summed E-state index contributed by atoms with van der Waals surface area (Å²) in [6.07, 6.45) is -4.67. The molecule has 0 unspecified atom stereocenters. The second kappa shape index (κ2) is 8.20. The van der Waals surface area contributed by atoms with Crippen LogP contribution in [0.1, 0.15) is 27.2 Å². The summed E-state index contributed by atoms with van der Waals surface area (Å²) in [5.41, 5.74) is -2.68. The van der Waals surface area contributed by atoms with Gasteiger partial charge in [-0.3, -0.25) is 9.36 Å². The van der Waals surface area contributed by atoms with E-state index in [1.54, 1.807) is 0 Å². The van der Waals surface area contributed by atoms with Gasteiger partial charge in [0.2, 0.25) is 0 Å². The van der Waals surface area contributed by atoms with E-state index in [1.165, 1.54) is 37.3 Å². The zero-order chi connectivity index (χ0) is 22.9. The van der Waals surface area contributed by atoms with E-state index in [4.69, 9.17) is 5.26 Å². The molecule has 0 amide bonds. The first kappa shape index (κ1) is 22.0. The maximum Gasteiger partial charge on any atom is 0.416 e. The second-order valence-corrected chi connectivity index (χ2v) is 7.86. The highest BCUT2D eigenvalue weighted by molar-refractivity contribution is 7.85. The van der Waals surface area contributed by atoms with E-state index in [1.807, 2.05) is 6.07 Å². The van der Waals surface area contributed by atoms with E-state index in [0.29, 0.717) is 11.6 Å². The van der Waals surface area contributed by atoms with E-state index < -0.39 is 39.6 Å². The number of aromatic carboxylic acids is 1. The Morgan fingerprint density at radius 2 is 1.77 bits per heavy atom. The van der Waals surface area contributed by atoms with E-state index in [-0.39, 0.29) is 21.2 Å². The van der Waals surface area contributed by atoms with Gasteiger partial charge in [0.25, 0.3) is 5.56 Å². The Labute approximate surface area is 176 Å². The van der Waals surface area contributed by atoms with Gasteiger partial charge in [-0.05, 0) is 55.5 Å². The van der Waals surface area contributed by atoms with Crippen LogP contribution in [0, 0.1) is 18.3 Å². The first-order valence-electron chi connectivity index (χ1n) is 8.64.